The van der Waals surface area contributed by atoms with Gasteiger partial charge in [0.1, 0.15) is 13.2 Å². The molecule has 0 aliphatic rings. The monoisotopic (exact) mass is 1070 g/mol. The largest absolute Gasteiger partial charge is 0.465 e. The number of aliphatic hydroxyl groups is 1. The van der Waals surface area contributed by atoms with Gasteiger partial charge in [0.2, 0.25) is 0 Å². The topological polar surface area (TPSA) is 138 Å². The lowest BCUT2D eigenvalue weighted by Gasteiger charge is -2.28. The minimum Gasteiger partial charge on any atom is -0.465 e. The van der Waals surface area contributed by atoms with E-state index in [1.54, 1.807) is 0 Å². The molecule has 0 heterocycles. The summed E-state index contributed by atoms with van der Waals surface area (Å²) in [6.45, 7) is 23.2. The van der Waals surface area contributed by atoms with Crippen LogP contribution in [0.5, 0.6) is 0 Å². The Morgan fingerprint density at radius 3 is 1.00 bits per heavy atom. The average Bonchev–Trinajstić information content (AvgIpc) is 3.40. The summed E-state index contributed by atoms with van der Waals surface area (Å²) in [5.74, 6) is 0.694. The molecule has 13 nitrogen and oxygen atoms in total. The predicted octanol–water partition coefficient (Wildman–Crippen LogP) is 15.2. The van der Waals surface area contributed by atoms with Gasteiger partial charge < -0.3 is 38.8 Å². The van der Waals surface area contributed by atoms with E-state index in [0.29, 0.717) is 90.2 Å². The molecule has 0 aromatic rings. The van der Waals surface area contributed by atoms with Crippen molar-refractivity contribution in [2.75, 3.05) is 98.5 Å². The highest BCUT2D eigenvalue weighted by Gasteiger charge is 2.20. The number of hydrogen-bond donors (Lipinski definition) is 1. The van der Waals surface area contributed by atoms with Crippen molar-refractivity contribution in [3.05, 3.63) is 0 Å². The number of unbranched alkanes of at least 4 members (excludes halogenated alkanes) is 20. The van der Waals surface area contributed by atoms with Gasteiger partial charge in [0.05, 0.1) is 19.8 Å². The quantitative estimate of drug-likeness (QED) is 0.0354. The average molecular weight is 1070 g/mol. The normalized spacial score (nSPS) is 11.6. The first-order valence-electron chi connectivity index (χ1n) is 31.8. The van der Waals surface area contributed by atoms with Gasteiger partial charge in [-0.1, -0.05) is 190 Å². The molecule has 0 unspecified atom stereocenters. The number of rotatable bonds is 56. The lowest BCUT2D eigenvalue weighted by Crippen LogP contribution is -2.41. The Balaban J connectivity index is 5.40. The number of esters is 2. The predicted molar refractivity (Wildman–Crippen MR) is 311 cm³/mol. The van der Waals surface area contributed by atoms with Crippen LogP contribution in [0.15, 0.2) is 0 Å². The highest BCUT2D eigenvalue weighted by atomic mass is 16.6. The highest BCUT2D eigenvalue weighted by molar-refractivity contribution is 5.70. The number of nitrogens with zero attached hydrogens (tertiary/aromatic N) is 4. The van der Waals surface area contributed by atoms with Crippen LogP contribution >= 0.6 is 0 Å². The molecule has 0 saturated heterocycles. The molecule has 0 aromatic carbocycles. The van der Waals surface area contributed by atoms with E-state index in [4.69, 9.17) is 18.9 Å². The zero-order valence-corrected chi connectivity index (χ0v) is 50.3. The number of amides is 2. The van der Waals surface area contributed by atoms with Crippen LogP contribution in [0.1, 0.15) is 267 Å². The summed E-state index contributed by atoms with van der Waals surface area (Å²) < 4.78 is 23.5. The SMILES string of the molecule is CCCCCCCN(CCCCCC(=O)OCC(CCCCC)CCCCC)C(=O)OCCN(CCOC(=O)N(CCCCCCC)CCCCCC(=O)OCC(CCCCC)CCCCC)CCN(CC)CCO. The molecule has 0 aromatic heterocycles. The Kier molecular flexibility index (Phi) is 52.8. The summed E-state index contributed by atoms with van der Waals surface area (Å²) in [5, 5.41) is 9.66. The van der Waals surface area contributed by atoms with Gasteiger partial charge in [0.25, 0.3) is 0 Å². The van der Waals surface area contributed by atoms with E-state index in [1.165, 1.54) is 89.9 Å². The summed E-state index contributed by atoms with van der Waals surface area (Å²) in [6.07, 6.45) is 35.0. The van der Waals surface area contributed by atoms with E-state index in [1.807, 2.05) is 9.80 Å². The first-order chi connectivity index (χ1) is 36.6. The van der Waals surface area contributed by atoms with Gasteiger partial charge in [-0.2, -0.15) is 0 Å². The maximum absolute atomic E-state index is 13.6. The molecule has 0 saturated carbocycles. The van der Waals surface area contributed by atoms with E-state index in [0.717, 1.165) is 129 Å². The third kappa shape index (κ3) is 45.0. The lowest BCUT2D eigenvalue weighted by atomic mass is 9.96. The molecule has 0 bridgehead atoms. The summed E-state index contributed by atoms with van der Waals surface area (Å²) in [7, 11) is 0. The fraction of sp³-hybridized carbons (Fsp3) is 0.935. The van der Waals surface area contributed by atoms with Crippen LogP contribution in [0, 0.1) is 11.8 Å². The standard InChI is InChI=1S/C62H122N4O9/c1-8-15-21-23-33-43-65(45-35-25-31-41-59(68)74-55-57(37-27-17-10-3)38-28-18-11-4)61(70)72-53-50-64(48-47-63(14-7)49-52-67)51-54-73-62(71)66(44-34-24-22-16-9-2)46-36-26-32-42-60(69)75-56-58(39-29-19-12-5)40-30-20-13-6/h57-58,67H,8-56H2,1-7H3. The summed E-state index contributed by atoms with van der Waals surface area (Å²) in [5.41, 5.74) is 0. The molecular formula is C62H122N4O9. The molecule has 0 aliphatic heterocycles. The van der Waals surface area contributed by atoms with Crippen LogP contribution in [0.4, 0.5) is 9.59 Å². The van der Waals surface area contributed by atoms with Gasteiger partial charge in [0, 0.05) is 71.7 Å². The van der Waals surface area contributed by atoms with E-state index < -0.39 is 0 Å². The third-order valence-corrected chi connectivity index (χ3v) is 14.9. The van der Waals surface area contributed by atoms with Gasteiger partial charge >= 0.3 is 24.1 Å². The molecule has 0 rings (SSSR count). The second-order valence-electron chi connectivity index (χ2n) is 21.7. The second-order valence-corrected chi connectivity index (χ2v) is 21.7. The molecule has 1 N–H and O–H groups in total. The maximum Gasteiger partial charge on any atom is 0.409 e. The first kappa shape index (κ1) is 72.4. The fourth-order valence-corrected chi connectivity index (χ4v) is 9.71. The molecular weight excluding hydrogens is 945 g/mol. The van der Waals surface area contributed by atoms with Crippen LogP contribution in [-0.2, 0) is 28.5 Å². The molecule has 0 spiro atoms. The van der Waals surface area contributed by atoms with E-state index in [-0.39, 0.29) is 43.9 Å². The Morgan fingerprint density at radius 1 is 0.347 bits per heavy atom. The van der Waals surface area contributed by atoms with Crippen molar-refractivity contribution in [3.63, 3.8) is 0 Å². The smallest absolute Gasteiger partial charge is 0.409 e. The molecule has 0 radical (unpaired) electrons. The van der Waals surface area contributed by atoms with Gasteiger partial charge in [-0.15, -0.1) is 0 Å². The van der Waals surface area contributed by atoms with Crippen LogP contribution in [0.3, 0.4) is 0 Å². The van der Waals surface area contributed by atoms with Gasteiger partial charge in [-0.25, -0.2) is 9.59 Å². The highest BCUT2D eigenvalue weighted by Crippen LogP contribution is 2.21. The Bertz CT molecular complexity index is 1190. The summed E-state index contributed by atoms with van der Waals surface area (Å²) in [4.78, 5) is 60.8. The van der Waals surface area contributed by atoms with Crippen molar-refractivity contribution < 1.29 is 43.2 Å². The number of hydrogen-bond acceptors (Lipinski definition) is 11. The molecule has 0 aliphatic carbocycles. The maximum atomic E-state index is 13.6. The zero-order chi connectivity index (χ0) is 55.3. The molecule has 0 fully saturated rings. The van der Waals surface area contributed by atoms with Crippen molar-refractivity contribution >= 4 is 24.1 Å². The van der Waals surface area contributed by atoms with Crippen LogP contribution in [0.25, 0.3) is 0 Å². The molecule has 75 heavy (non-hydrogen) atoms. The minimum absolute atomic E-state index is 0.0808. The van der Waals surface area contributed by atoms with Crippen LogP contribution < -0.4 is 0 Å². The fourth-order valence-electron chi connectivity index (χ4n) is 9.71. The lowest BCUT2D eigenvalue weighted by molar-refractivity contribution is -0.146. The van der Waals surface area contributed by atoms with E-state index >= 15 is 0 Å². The Morgan fingerprint density at radius 2 is 0.667 bits per heavy atom. The van der Waals surface area contributed by atoms with Crippen molar-refractivity contribution in [2.45, 2.75) is 267 Å². The zero-order valence-electron chi connectivity index (χ0n) is 50.3. The van der Waals surface area contributed by atoms with Gasteiger partial charge in [-0.3, -0.25) is 14.5 Å². The number of carbonyl (C=O) groups is 4. The first-order valence-corrected chi connectivity index (χ1v) is 31.8. The van der Waals surface area contributed by atoms with Crippen molar-refractivity contribution in [2.24, 2.45) is 11.8 Å². The summed E-state index contributed by atoms with van der Waals surface area (Å²) in [6, 6.07) is 0. The molecule has 444 valence electrons. The van der Waals surface area contributed by atoms with Gasteiger partial charge in [-0.05, 0) is 82.6 Å². The van der Waals surface area contributed by atoms with Crippen LogP contribution in [-0.4, -0.2) is 147 Å². The minimum atomic E-state index is -0.306. The van der Waals surface area contributed by atoms with E-state index in [9.17, 15) is 24.3 Å². The number of ether oxygens (including phenoxy) is 4. The third-order valence-electron chi connectivity index (χ3n) is 14.9. The summed E-state index contributed by atoms with van der Waals surface area (Å²) >= 11 is 0. The second kappa shape index (κ2) is 54.7. The van der Waals surface area contributed by atoms with Crippen molar-refractivity contribution in [1.82, 2.24) is 19.6 Å². The van der Waals surface area contributed by atoms with Gasteiger partial charge in [0.15, 0.2) is 0 Å². The molecule has 2 amide bonds. The Hall–Kier alpha value is -2.64. The van der Waals surface area contributed by atoms with Crippen molar-refractivity contribution in [3.8, 4) is 0 Å². The van der Waals surface area contributed by atoms with Crippen molar-refractivity contribution in [1.29, 1.82) is 0 Å². The number of aliphatic hydroxyl groups excluding tert-OH is 1. The molecule has 0 atom stereocenters. The number of carbonyl (C=O) groups excluding carboxylic acids is 4. The number of likely N-dealkylation sites (N-methyl/N-ethyl adjacent to an activating group) is 1. The van der Waals surface area contributed by atoms with Crippen LogP contribution in [0.2, 0.25) is 0 Å². The van der Waals surface area contributed by atoms with E-state index in [2.05, 4.69) is 58.3 Å². The Labute approximate surface area is 462 Å². The molecule has 13 heteroatoms.